The van der Waals surface area contributed by atoms with Gasteiger partial charge in [-0.3, -0.25) is 0 Å². The third kappa shape index (κ3) is 2.74. The van der Waals surface area contributed by atoms with E-state index in [1.165, 1.54) is 39.8 Å². The van der Waals surface area contributed by atoms with Gasteiger partial charge in [-0.05, 0) is 86.8 Å². The quantitative estimate of drug-likeness (QED) is 0.891. The lowest BCUT2D eigenvalue weighted by Gasteiger charge is -2.35. The molecule has 2 atom stereocenters. The van der Waals surface area contributed by atoms with Gasteiger partial charge in [0.1, 0.15) is 0 Å². The number of halogens is 1. The molecule has 1 fully saturated rings. The van der Waals surface area contributed by atoms with E-state index in [9.17, 15) is 5.11 Å². The van der Waals surface area contributed by atoms with E-state index >= 15 is 0 Å². The lowest BCUT2D eigenvalue weighted by molar-refractivity contribution is 0.0410. The zero-order valence-corrected chi connectivity index (χ0v) is 14.1. The summed E-state index contributed by atoms with van der Waals surface area (Å²) in [6.07, 6.45) is 3.08. The normalized spacial score (nSPS) is 18.1. The van der Waals surface area contributed by atoms with Gasteiger partial charge in [0.15, 0.2) is 0 Å². The predicted octanol–water partition coefficient (Wildman–Crippen LogP) is 3.81. The lowest BCUT2D eigenvalue weighted by atomic mass is 9.75. The second kappa shape index (κ2) is 6.46. The molecule has 1 aromatic rings. The minimum Gasteiger partial charge on any atom is -0.391 e. The van der Waals surface area contributed by atoms with Gasteiger partial charge in [0.05, 0.1) is 12.1 Å². The van der Waals surface area contributed by atoms with E-state index in [1.54, 1.807) is 0 Å². The Bertz CT molecular complexity index is 465. The van der Waals surface area contributed by atoms with Gasteiger partial charge in [-0.25, -0.2) is 0 Å². The highest BCUT2D eigenvalue weighted by molar-refractivity contribution is 5.85. The Morgan fingerprint density at radius 1 is 0.900 bits per heavy atom. The van der Waals surface area contributed by atoms with Gasteiger partial charge < -0.3 is 10.8 Å². The SMILES string of the molecule is Cc1c(C)c(C)c([C@@H](N)[C@@H](O)C2CCC2)c(C)c1C.Cl. The number of aliphatic hydroxyl groups is 1. The molecular formula is C17H28ClNO. The fourth-order valence-corrected chi connectivity index (χ4v) is 3.27. The van der Waals surface area contributed by atoms with E-state index in [2.05, 4.69) is 34.6 Å². The van der Waals surface area contributed by atoms with Crippen molar-refractivity contribution in [3.05, 3.63) is 33.4 Å². The Hall–Kier alpha value is -0.570. The second-order valence-electron chi connectivity index (χ2n) is 6.25. The maximum Gasteiger partial charge on any atom is 0.0761 e. The molecule has 3 N–H and O–H groups in total. The Labute approximate surface area is 129 Å². The molecule has 0 aromatic heterocycles. The van der Waals surface area contributed by atoms with Crippen molar-refractivity contribution in [2.75, 3.05) is 0 Å². The van der Waals surface area contributed by atoms with Gasteiger partial charge in [-0.1, -0.05) is 6.42 Å². The van der Waals surface area contributed by atoms with E-state index in [0.29, 0.717) is 5.92 Å². The number of aliphatic hydroxyl groups excluding tert-OH is 1. The maximum atomic E-state index is 10.5. The average molecular weight is 298 g/mol. The highest BCUT2D eigenvalue weighted by atomic mass is 35.5. The van der Waals surface area contributed by atoms with Crippen LogP contribution >= 0.6 is 12.4 Å². The summed E-state index contributed by atoms with van der Waals surface area (Å²) in [7, 11) is 0. The molecule has 0 spiro atoms. The monoisotopic (exact) mass is 297 g/mol. The van der Waals surface area contributed by atoms with Crippen molar-refractivity contribution in [2.45, 2.75) is 66.0 Å². The molecule has 114 valence electrons. The van der Waals surface area contributed by atoms with Crippen molar-refractivity contribution < 1.29 is 5.11 Å². The third-order valence-electron chi connectivity index (χ3n) is 5.39. The molecule has 0 aliphatic heterocycles. The number of hydrogen-bond donors (Lipinski definition) is 2. The van der Waals surface area contributed by atoms with Crippen LogP contribution in [-0.2, 0) is 0 Å². The second-order valence-corrected chi connectivity index (χ2v) is 6.25. The standard InChI is InChI=1S/C17H27NO.ClH/c1-9-10(2)12(4)15(13(5)11(9)3)16(18)17(19)14-7-6-8-14;/h14,16-17,19H,6-8,18H2,1-5H3;1H/t16-,17+;/m1./s1. The summed E-state index contributed by atoms with van der Waals surface area (Å²) < 4.78 is 0. The highest BCUT2D eigenvalue weighted by Gasteiger charge is 2.32. The van der Waals surface area contributed by atoms with E-state index in [4.69, 9.17) is 5.73 Å². The predicted molar refractivity (Wildman–Crippen MR) is 87.7 cm³/mol. The Kier molecular flexibility index (Phi) is 5.65. The van der Waals surface area contributed by atoms with Crippen molar-refractivity contribution in [3.63, 3.8) is 0 Å². The molecule has 0 amide bonds. The van der Waals surface area contributed by atoms with E-state index in [-0.39, 0.29) is 18.4 Å². The van der Waals surface area contributed by atoms with Crippen molar-refractivity contribution in [1.29, 1.82) is 0 Å². The van der Waals surface area contributed by atoms with Gasteiger partial charge in [-0.2, -0.15) is 0 Å². The number of benzene rings is 1. The molecule has 0 saturated heterocycles. The molecule has 1 aliphatic carbocycles. The maximum absolute atomic E-state index is 10.5. The first-order valence-electron chi connectivity index (χ1n) is 7.36. The van der Waals surface area contributed by atoms with Gasteiger partial charge in [0.2, 0.25) is 0 Å². The zero-order chi connectivity index (χ0) is 14.3. The Balaban J connectivity index is 0.00000200. The first-order valence-corrected chi connectivity index (χ1v) is 7.36. The van der Waals surface area contributed by atoms with Gasteiger partial charge >= 0.3 is 0 Å². The van der Waals surface area contributed by atoms with Crippen LogP contribution in [-0.4, -0.2) is 11.2 Å². The van der Waals surface area contributed by atoms with Gasteiger partial charge in [-0.15, -0.1) is 12.4 Å². The van der Waals surface area contributed by atoms with Gasteiger partial charge in [0, 0.05) is 0 Å². The minimum atomic E-state index is -0.396. The number of hydrogen-bond acceptors (Lipinski definition) is 2. The van der Waals surface area contributed by atoms with E-state index in [0.717, 1.165) is 12.8 Å². The van der Waals surface area contributed by atoms with Crippen LogP contribution in [0.2, 0.25) is 0 Å². The minimum absolute atomic E-state index is 0. The highest BCUT2D eigenvalue weighted by Crippen LogP contribution is 2.37. The molecule has 0 heterocycles. The first kappa shape index (κ1) is 17.5. The van der Waals surface area contributed by atoms with Crippen LogP contribution in [0.4, 0.5) is 0 Å². The first-order chi connectivity index (χ1) is 8.86. The molecule has 0 unspecified atom stereocenters. The molecule has 0 bridgehead atoms. The topological polar surface area (TPSA) is 46.2 Å². The van der Waals surface area contributed by atoms with Crippen LogP contribution < -0.4 is 5.73 Å². The fraction of sp³-hybridized carbons (Fsp3) is 0.647. The summed E-state index contributed by atoms with van der Waals surface area (Å²) in [5, 5.41) is 10.5. The number of nitrogens with two attached hydrogens (primary N) is 1. The molecule has 1 saturated carbocycles. The molecule has 1 aliphatic rings. The van der Waals surface area contributed by atoms with Crippen LogP contribution in [0.5, 0.6) is 0 Å². The fourth-order valence-electron chi connectivity index (χ4n) is 3.27. The van der Waals surface area contributed by atoms with Crippen molar-refractivity contribution in [3.8, 4) is 0 Å². The van der Waals surface area contributed by atoms with Crippen molar-refractivity contribution >= 4 is 12.4 Å². The Morgan fingerprint density at radius 3 is 1.65 bits per heavy atom. The summed E-state index contributed by atoms with van der Waals surface area (Å²) >= 11 is 0. The van der Waals surface area contributed by atoms with Crippen molar-refractivity contribution in [1.82, 2.24) is 0 Å². The molecular weight excluding hydrogens is 270 g/mol. The third-order valence-corrected chi connectivity index (χ3v) is 5.39. The lowest BCUT2D eigenvalue weighted by Crippen LogP contribution is -2.37. The molecule has 3 heteroatoms. The van der Waals surface area contributed by atoms with Crippen LogP contribution in [0, 0.1) is 40.5 Å². The summed E-state index contributed by atoms with van der Waals surface area (Å²) in [5.74, 6) is 0.399. The molecule has 1 aromatic carbocycles. The molecule has 2 nitrogen and oxygen atoms in total. The zero-order valence-electron chi connectivity index (χ0n) is 13.3. The van der Waals surface area contributed by atoms with Crippen LogP contribution in [0.3, 0.4) is 0 Å². The molecule has 20 heavy (non-hydrogen) atoms. The van der Waals surface area contributed by atoms with E-state index in [1.807, 2.05) is 0 Å². The summed E-state index contributed by atoms with van der Waals surface area (Å²) in [4.78, 5) is 0. The summed E-state index contributed by atoms with van der Waals surface area (Å²) in [6.45, 7) is 10.8. The van der Waals surface area contributed by atoms with E-state index < -0.39 is 6.10 Å². The smallest absolute Gasteiger partial charge is 0.0761 e. The Morgan fingerprint density at radius 2 is 1.30 bits per heavy atom. The van der Waals surface area contributed by atoms with Crippen LogP contribution in [0.25, 0.3) is 0 Å². The van der Waals surface area contributed by atoms with Crippen LogP contribution in [0.1, 0.15) is 58.7 Å². The summed E-state index contributed by atoms with van der Waals surface area (Å²) in [6, 6.07) is -0.247. The molecule has 2 rings (SSSR count). The van der Waals surface area contributed by atoms with Crippen molar-refractivity contribution in [2.24, 2.45) is 11.7 Å². The number of rotatable bonds is 3. The van der Waals surface area contributed by atoms with Crippen LogP contribution in [0.15, 0.2) is 0 Å². The largest absolute Gasteiger partial charge is 0.391 e. The average Bonchev–Trinajstić information content (AvgIpc) is 2.32. The molecule has 0 radical (unpaired) electrons. The van der Waals surface area contributed by atoms with Gasteiger partial charge in [0.25, 0.3) is 0 Å². The summed E-state index contributed by atoms with van der Waals surface area (Å²) in [5.41, 5.74) is 14.0.